The molecule has 0 saturated heterocycles. The van der Waals surface area contributed by atoms with Gasteiger partial charge in [-0.3, -0.25) is 0 Å². The standard InChI is InChI=1S/C17H20FNO/c1-14(13-15-7-3-2-4-8-15)19(11-12-20)17-10-6-5-9-16(17)18/h2-10,14,20H,11-13H2,1H3. The molecule has 2 aromatic carbocycles. The molecule has 20 heavy (non-hydrogen) atoms. The third-order valence-corrected chi connectivity index (χ3v) is 3.41. The topological polar surface area (TPSA) is 23.5 Å². The summed E-state index contributed by atoms with van der Waals surface area (Å²) in [5, 5.41) is 9.24. The molecule has 0 bridgehead atoms. The Kier molecular flexibility index (Phi) is 5.13. The Morgan fingerprint density at radius 2 is 1.70 bits per heavy atom. The average molecular weight is 273 g/mol. The smallest absolute Gasteiger partial charge is 0.146 e. The van der Waals surface area contributed by atoms with Crippen molar-refractivity contribution in [3.05, 3.63) is 66.0 Å². The highest BCUT2D eigenvalue weighted by Gasteiger charge is 2.17. The Labute approximate surface area is 119 Å². The fraction of sp³-hybridized carbons (Fsp3) is 0.294. The summed E-state index contributed by atoms with van der Waals surface area (Å²) in [5.41, 5.74) is 1.75. The summed E-state index contributed by atoms with van der Waals surface area (Å²) in [6, 6.07) is 16.9. The zero-order valence-corrected chi connectivity index (χ0v) is 11.7. The van der Waals surface area contributed by atoms with Gasteiger partial charge in [0.2, 0.25) is 0 Å². The first-order chi connectivity index (χ1) is 9.72. The minimum Gasteiger partial charge on any atom is -0.395 e. The van der Waals surface area contributed by atoms with Gasteiger partial charge in [-0.2, -0.15) is 0 Å². The van der Waals surface area contributed by atoms with E-state index in [9.17, 15) is 9.50 Å². The maximum Gasteiger partial charge on any atom is 0.146 e. The zero-order valence-electron chi connectivity index (χ0n) is 11.7. The zero-order chi connectivity index (χ0) is 14.4. The van der Waals surface area contributed by atoms with Crippen LogP contribution in [0.1, 0.15) is 12.5 Å². The Morgan fingerprint density at radius 1 is 1.05 bits per heavy atom. The minimum absolute atomic E-state index is 0.00740. The van der Waals surface area contributed by atoms with E-state index in [1.165, 1.54) is 11.6 Å². The Bertz CT molecular complexity index is 530. The fourth-order valence-corrected chi connectivity index (χ4v) is 2.44. The summed E-state index contributed by atoms with van der Waals surface area (Å²) in [6.07, 6.45) is 0.815. The number of benzene rings is 2. The lowest BCUT2D eigenvalue weighted by Crippen LogP contribution is -2.37. The number of hydrogen-bond acceptors (Lipinski definition) is 2. The second-order valence-electron chi connectivity index (χ2n) is 4.91. The van der Waals surface area contributed by atoms with Crippen LogP contribution in [-0.2, 0) is 6.42 Å². The van der Waals surface area contributed by atoms with Gasteiger partial charge in [0.25, 0.3) is 0 Å². The predicted octanol–water partition coefficient (Wildman–Crippen LogP) is 3.26. The van der Waals surface area contributed by atoms with Gasteiger partial charge in [0.15, 0.2) is 0 Å². The third-order valence-electron chi connectivity index (χ3n) is 3.41. The van der Waals surface area contributed by atoms with Crippen molar-refractivity contribution in [2.45, 2.75) is 19.4 Å². The summed E-state index contributed by atoms with van der Waals surface area (Å²) < 4.78 is 13.9. The molecular weight excluding hydrogens is 253 g/mol. The van der Waals surface area contributed by atoms with E-state index in [-0.39, 0.29) is 18.5 Å². The largest absolute Gasteiger partial charge is 0.395 e. The van der Waals surface area contributed by atoms with Crippen LogP contribution < -0.4 is 4.90 Å². The Hall–Kier alpha value is -1.87. The van der Waals surface area contributed by atoms with E-state index in [4.69, 9.17) is 0 Å². The molecule has 0 aromatic heterocycles. The van der Waals surface area contributed by atoms with Crippen molar-refractivity contribution in [2.24, 2.45) is 0 Å². The van der Waals surface area contributed by atoms with Crippen LogP contribution in [0.2, 0.25) is 0 Å². The van der Waals surface area contributed by atoms with Gasteiger partial charge in [0, 0.05) is 12.6 Å². The molecule has 0 saturated carbocycles. The summed E-state index contributed by atoms with van der Waals surface area (Å²) in [5.74, 6) is -0.249. The van der Waals surface area contributed by atoms with Gasteiger partial charge in [-0.05, 0) is 31.0 Å². The molecule has 0 radical (unpaired) electrons. The lowest BCUT2D eigenvalue weighted by atomic mass is 10.1. The molecule has 0 spiro atoms. The van der Waals surface area contributed by atoms with Gasteiger partial charge in [0.1, 0.15) is 5.82 Å². The number of aliphatic hydroxyl groups excluding tert-OH is 1. The molecule has 2 nitrogen and oxygen atoms in total. The highest BCUT2D eigenvalue weighted by Crippen LogP contribution is 2.22. The number of rotatable bonds is 6. The van der Waals surface area contributed by atoms with Crippen LogP contribution in [-0.4, -0.2) is 24.3 Å². The van der Waals surface area contributed by atoms with Crippen LogP contribution in [0.5, 0.6) is 0 Å². The number of hydrogen-bond donors (Lipinski definition) is 1. The molecule has 2 rings (SSSR count). The molecule has 1 atom stereocenters. The van der Waals surface area contributed by atoms with Crippen molar-refractivity contribution in [3.8, 4) is 0 Å². The van der Waals surface area contributed by atoms with Gasteiger partial charge >= 0.3 is 0 Å². The molecule has 0 aliphatic heterocycles. The molecule has 1 unspecified atom stereocenters. The maximum atomic E-state index is 13.9. The molecule has 0 fully saturated rings. The molecule has 106 valence electrons. The summed E-state index contributed by atoms with van der Waals surface area (Å²) in [7, 11) is 0. The van der Waals surface area contributed by atoms with Crippen molar-refractivity contribution >= 4 is 5.69 Å². The van der Waals surface area contributed by atoms with Gasteiger partial charge < -0.3 is 10.0 Å². The average Bonchev–Trinajstić information content (AvgIpc) is 2.47. The van der Waals surface area contributed by atoms with Gasteiger partial charge in [-0.15, -0.1) is 0 Å². The second kappa shape index (κ2) is 7.06. The van der Waals surface area contributed by atoms with Crippen LogP contribution in [0.4, 0.5) is 10.1 Å². The molecule has 0 heterocycles. The van der Waals surface area contributed by atoms with Gasteiger partial charge in [-0.1, -0.05) is 42.5 Å². The molecule has 1 N–H and O–H groups in total. The van der Waals surface area contributed by atoms with Crippen LogP contribution in [0, 0.1) is 5.82 Å². The highest BCUT2D eigenvalue weighted by molar-refractivity contribution is 5.48. The van der Waals surface area contributed by atoms with Crippen molar-refractivity contribution in [3.63, 3.8) is 0 Å². The lowest BCUT2D eigenvalue weighted by molar-refractivity contribution is 0.297. The number of aliphatic hydroxyl groups is 1. The highest BCUT2D eigenvalue weighted by atomic mass is 19.1. The molecule has 2 aromatic rings. The summed E-state index contributed by atoms with van der Waals surface area (Å²) >= 11 is 0. The van der Waals surface area contributed by atoms with Gasteiger partial charge in [-0.25, -0.2) is 4.39 Å². The molecule has 0 aliphatic carbocycles. The molecular formula is C17H20FNO. The maximum absolute atomic E-state index is 13.9. The number of halogens is 1. The van der Waals surface area contributed by atoms with Crippen molar-refractivity contribution < 1.29 is 9.50 Å². The Morgan fingerprint density at radius 3 is 2.35 bits per heavy atom. The van der Waals surface area contributed by atoms with E-state index in [0.717, 1.165) is 6.42 Å². The normalized spacial score (nSPS) is 12.2. The number of para-hydroxylation sites is 1. The summed E-state index contributed by atoms with van der Waals surface area (Å²) in [4.78, 5) is 1.92. The van der Waals surface area contributed by atoms with E-state index in [0.29, 0.717) is 12.2 Å². The molecule has 0 aliphatic rings. The van der Waals surface area contributed by atoms with Crippen molar-refractivity contribution in [2.75, 3.05) is 18.1 Å². The van der Waals surface area contributed by atoms with Crippen LogP contribution in [0.3, 0.4) is 0 Å². The van der Waals surface area contributed by atoms with Crippen LogP contribution in [0.25, 0.3) is 0 Å². The fourth-order valence-electron chi connectivity index (χ4n) is 2.44. The molecule has 0 amide bonds. The van der Waals surface area contributed by atoms with Crippen molar-refractivity contribution in [1.29, 1.82) is 0 Å². The van der Waals surface area contributed by atoms with E-state index in [1.807, 2.05) is 29.2 Å². The monoisotopic (exact) mass is 273 g/mol. The van der Waals surface area contributed by atoms with E-state index in [2.05, 4.69) is 19.1 Å². The van der Waals surface area contributed by atoms with E-state index < -0.39 is 0 Å². The quantitative estimate of drug-likeness (QED) is 0.873. The first kappa shape index (κ1) is 14.5. The van der Waals surface area contributed by atoms with Crippen LogP contribution in [0.15, 0.2) is 54.6 Å². The Balaban J connectivity index is 2.18. The number of anilines is 1. The summed E-state index contributed by atoms with van der Waals surface area (Å²) in [6.45, 7) is 2.48. The van der Waals surface area contributed by atoms with Crippen molar-refractivity contribution in [1.82, 2.24) is 0 Å². The van der Waals surface area contributed by atoms with E-state index >= 15 is 0 Å². The number of nitrogens with zero attached hydrogens (tertiary/aromatic N) is 1. The first-order valence-electron chi connectivity index (χ1n) is 6.88. The minimum atomic E-state index is -0.249. The first-order valence-corrected chi connectivity index (χ1v) is 6.88. The molecule has 3 heteroatoms. The van der Waals surface area contributed by atoms with Gasteiger partial charge in [0.05, 0.1) is 12.3 Å². The second-order valence-corrected chi connectivity index (χ2v) is 4.91. The predicted molar refractivity (Wildman–Crippen MR) is 80.4 cm³/mol. The third kappa shape index (κ3) is 3.58. The van der Waals surface area contributed by atoms with Crippen LogP contribution >= 0.6 is 0 Å². The lowest BCUT2D eigenvalue weighted by Gasteiger charge is -2.31. The SMILES string of the molecule is CC(Cc1ccccc1)N(CCO)c1ccccc1F. The van der Waals surface area contributed by atoms with E-state index in [1.54, 1.807) is 12.1 Å².